The average molecular weight is 335 g/mol. The minimum absolute atomic E-state index is 0.134. The number of nitrogens with two attached hydrogens (primary N) is 1. The molecule has 0 aromatic heterocycles. The summed E-state index contributed by atoms with van der Waals surface area (Å²) in [5.74, 6) is -0.689. The Morgan fingerprint density at radius 2 is 2.26 bits per heavy atom. The normalized spacial score (nSPS) is 12.0. The molecule has 0 aliphatic heterocycles. The van der Waals surface area contributed by atoms with E-state index in [2.05, 4.69) is 21.2 Å². The zero-order chi connectivity index (χ0) is 14.4. The molecule has 7 heteroatoms. The molecule has 1 amide bonds. The van der Waals surface area contributed by atoms with E-state index in [4.69, 9.17) is 15.2 Å². The molecule has 1 aromatic rings. The molecule has 3 N–H and O–H groups in total. The van der Waals surface area contributed by atoms with Crippen molar-refractivity contribution < 1.29 is 18.7 Å². The molecule has 106 valence electrons. The predicted octanol–water partition coefficient (Wildman–Crippen LogP) is 1.70. The van der Waals surface area contributed by atoms with Crippen LogP contribution in [0.4, 0.5) is 10.1 Å². The molecule has 1 atom stereocenters. The second kappa shape index (κ2) is 7.30. The highest BCUT2D eigenvalue weighted by molar-refractivity contribution is 9.10. The number of ether oxygens (including phenoxy) is 2. The molecule has 0 spiro atoms. The molecule has 0 heterocycles. The molecule has 1 rings (SSSR count). The first-order valence-corrected chi connectivity index (χ1v) is 6.42. The van der Waals surface area contributed by atoms with Crippen molar-refractivity contribution in [2.75, 3.05) is 26.0 Å². The zero-order valence-electron chi connectivity index (χ0n) is 10.7. The Balaban J connectivity index is 2.63. The van der Waals surface area contributed by atoms with Gasteiger partial charge in [-0.3, -0.25) is 4.79 Å². The van der Waals surface area contributed by atoms with Gasteiger partial charge >= 0.3 is 0 Å². The van der Waals surface area contributed by atoms with E-state index in [9.17, 15) is 9.18 Å². The minimum Gasteiger partial charge on any atom is -0.479 e. The summed E-state index contributed by atoms with van der Waals surface area (Å²) in [5.41, 5.74) is 5.94. The van der Waals surface area contributed by atoms with Gasteiger partial charge in [-0.1, -0.05) is 0 Å². The first kappa shape index (κ1) is 15.7. The number of benzene rings is 1. The van der Waals surface area contributed by atoms with Crippen LogP contribution in [0.25, 0.3) is 0 Å². The third-order valence-corrected chi connectivity index (χ3v) is 2.94. The van der Waals surface area contributed by atoms with Crippen LogP contribution in [0.1, 0.15) is 6.92 Å². The molecule has 0 radical (unpaired) electrons. The minimum atomic E-state index is -0.778. The third kappa shape index (κ3) is 4.68. The average Bonchev–Trinajstić information content (AvgIpc) is 2.36. The zero-order valence-corrected chi connectivity index (χ0v) is 12.3. The maximum absolute atomic E-state index is 13.4. The Morgan fingerprint density at radius 1 is 1.58 bits per heavy atom. The van der Waals surface area contributed by atoms with E-state index in [1.54, 1.807) is 6.92 Å². The van der Waals surface area contributed by atoms with E-state index in [0.29, 0.717) is 13.2 Å². The van der Waals surface area contributed by atoms with Crippen molar-refractivity contribution in [1.82, 2.24) is 5.32 Å². The van der Waals surface area contributed by atoms with Gasteiger partial charge in [-0.2, -0.15) is 0 Å². The number of amides is 1. The third-order valence-electron chi connectivity index (χ3n) is 2.33. The van der Waals surface area contributed by atoms with E-state index in [0.717, 1.165) is 6.07 Å². The number of carbonyl (C=O) groups excluding carboxylic acids is 1. The van der Waals surface area contributed by atoms with Crippen LogP contribution < -0.4 is 15.8 Å². The standard InChI is InChI=1S/C12H16BrFN2O3/c1-7(12(17)16-3-4-18-2)19-11-6-9(14)8(13)5-10(11)15/h5-7H,3-4,15H2,1-2H3,(H,16,17). The molecular weight excluding hydrogens is 319 g/mol. The molecule has 19 heavy (non-hydrogen) atoms. The van der Waals surface area contributed by atoms with Gasteiger partial charge in [-0.25, -0.2) is 4.39 Å². The number of anilines is 1. The molecule has 0 bridgehead atoms. The molecule has 0 fully saturated rings. The van der Waals surface area contributed by atoms with Crippen LogP contribution >= 0.6 is 15.9 Å². The molecule has 5 nitrogen and oxygen atoms in total. The summed E-state index contributed by atoms with van der Waals surface area (Å²) in [4.78, 5) is 11.6. The van der Waals surface area contributed by atoms with Gasteiger partial charge in [0.2, 0.25) is 0 Å². The van der Waals surface area contributed by atoms with Crippen molar-refractivity contribution in [2.24, 2.45) is 0 Å². The predicted molar refractivity (Wildman–Crippen MR) is 73.5 cm³/mol. The van der Waals surface area contributed by atoms with Crippen LogP contribution in [0.5, 0.6) is 5.75 Å². The first-order chi connectivity index (χ1) is 8.95. The van der Waals surface area contributed by atoms with E-state index in [1.165, 1.54) is 13.2 Å². The lowest BCUT2D eigenvalue weighted by Gasteiger charge is -2.16. The van der Waals surface area contributed by atoms with E-state index < -0.39 is 11.9 Å². The number of halogens is 2. The second-order valence-electron chi connectivity index (χ2n) is 3.85. The maximum atomic E-state index is 13.4. The Kier molecular flexibility index (Phi) is 6.04. The van der Waals surface area contributed by atoms with Gasteiger partial charge in [0.15, 0.2) is 6.10 Å². The van der Waals surface area contributed by atoms with Crippen molar-refractivity contribution in [3.63, 3.8) is 0 Å². The Hall–Kier alpha value is -1.34. The molecule has 0 saturated carbocycles. The molecular formula is C12H16BrFN2O3. The topological polar surface area (TPSA) is 73.6 Å². The fraction of sp³-hybridized carbons (Fsp3) is 0.417. The lowest BCUT2D eigenvalue weighted by molar-refractivity contribution is -0.127. The van der Waals surface area contributed by atoms with Gasteiger partial charge in [0.25, 0.3) is 5.91 Å². The summed E-state index contributed by atoms with van der Waals surface area (Å²) in [6.45, 7) is 2.35. The SMILES string of the molecule is COCCNC(=O)C(C)Oc1cc(F)c(Br)cc1N. The molecule has 1 unspecified atom stereocenters. The molecule has 1 aromatic carbocycles. The highest BCUT2D eigenvalue weighted by atomic mass is 79.9. The number of methoxy groups -OCH3 is 1. The van der Waals surface area contributed by atoms with Crippen LogP contribution in [0.3, 0.4) is 0 Å². The monoisotopic (exact) mass is 334 g/mol. The summed E-state index contributed by atoms with van der Waals surface area (Å²) >= 11 is 3.01. The first-order valence-electron chi connectivity index (χ1n) is 5.63. The molecule has 0 aliphatic carbocycles. The lowest BCUT2D eigenvalue weighted by atomic mass is 10.3. The number of rotatable bonds is 6. The van der Waals surface area contributed by atoms with Crippen LogP contribution in [-0.2, 0) is 9.53 Å². The largest absolute Gasteiger partial charge is 0.479 e. The number of hydrogen-bond acceptors (Lipinski definition) is 4. The number of carbonyl (C=O) groups is 1. The second-order valence-corrected chi connectivity index (χ2v) is 4.70. The van der Waals surface area contributed by atoms with Gasteiger partial charge in [0.1, 0.15) is 11.6 Å². The fourth-order valence-corrected chi connectivity index (χ4v) is 1.67. The summed E-state index contributed by atoms with van der Waals surface area (Å²) in [5, 5.41) is 2.62. The van der Waals surface area contributed by atoms with Crippen LogP contribution in [-0.4, -0.2) is 32.3 Å². The summed E-state index contributed by atoms with van der Waals surface area (Å²) in [6, 6.07) is 2.53. The Labute approximate surface area is 119 Å². The van der Waals surface area contributed by atoms with Gasteiger partial charge in [-0.05, 0) is 28.9 Å². The van der Waals surface area contributed by atoms with E-state index in [1.807, 2.05) is 0 Å². The number of hydrogen-bond donors (Lipinski definition) is 2. The maximum Gasteiger partial charge on any atom is 0.260 e. The summed E-state index contributed by atoms with van der Waals surface area (Å²) in [7, 11) is 1.54. The van der Waals surface area contributed by atoms with Gasteiger partial charge in [0.05, 0.1) is 16.8 Å². The lowest BCUT2D eigenvalue weighted by Crippen LogP contribution is -2.38. The van der Waals surface area contributed by atoms with Crippen molar-refractivity contribution in [3.8, 4) is 5.75 Å². The Morgan fingerprint density at radius 3 is 2.89 bits per heavy atom. The van der Waals surface area contributed by atoms with Gasteiger partial charge in [0, 0.05) is 19.7 Å². The van der Waals surface area contributed by atoms with Crippen molar-refractivity contribution >= 4 is 27.5 Å². The van der Waals surface area contributed by atoms with Gasteiger partial charge < -0.3 is 20.5 Å². The smallest absolute Gasteiger partial charge is 0.260 e. The van der Waals surface area contributed by atoms with E-state index >= 15 is 0 Å². The van der Waals surface area contributed by atoms with Crippen molar-refractivity contribution in [2.45, 2.75) is 13.0 Å². The highest BCUT2D eigenvalue weighted by Crippen LogP contribution is 2.29. The van der Waals surface area contributed by atoms with Crippen LogP contribution in [0.15, 0.2) is 16.6 Å². The quantitative estimate of drug-likeness (QED) is 0.613. The number of nitrogen functional groups attached to an aromatic ring is 1. The van der Waals surface area contributed by atoms with E-state index in [-0.39, 0.29) is 21.8 Å². The summed E-state index contributed by atoms with van der Waals surface area (Å²) in [6.07, 6.45) is -0.778. The van der Waals surface area contributed by atoms with Crippen molar-refractivity contribution in [3.05, 3.63) is 22.4 Å². The van der Waals surface area contributed by atoms with Crippen LogP contribution in [0, 0.1) is 5.82 Å². The summed E-state index contributed by atoms with van der Waals surface area (Å²) < 4.78 is 23.7. The fourth-order valence-electron chi connectivity index (χ4n) is 1.31. The van der Waals surface area contributed by atoms with Crippen LogP contribution in [0.2, 0.25) is 0 Å². The Bertz CT molecular complexity index is 457. The molecule has 0 saturated heterocycles. The van der Waals surface area contributed by atoms with Crippen molar-refractivity contribution in [1.29, 1.82) is 0 Å². The van der Waals surface area contributed by atoms with Gasteiger partial charge in [-0.15, -0.1) is 0 Å². The molecule has 0 aliphatic rings. The highest BCUT2D eigenvalue weighted by Gasteiger charge is 2.16. The number of nitrogens with one attached hydrogen (secondary N) is 1.